The minimum Gasteiger partial charge on any atom is -0.481 e. The molecule has 220 valence electrons. The minimum atomic E-state index is -1.04. The van der Waals surface area contributed by atoms with Crippen molar-refractivity contribution in [1.82, 2.24) is 19.3 Å². The number of carbonyl (C=O) groups excluding carboxylic acids is 3. The minimum absolute atomic E-state index is 0.129. The highest BCUT2D eigenvalue weighted by Crippen LogP contribution is 2.35. The van der Waals surface area contributed by atoms with E-state index in [1.54, 1.807) is 48.0 Å². The van der Waals surface area contributed by atoms with Crippen LogP contribution in [-0.2, 0) is 14.3 Å². The SMILES string of the molecule is CCOC(=O)CNc1c(-c2cn(C(C)=O)c3ccccc23)nc2cc(C(=O)NC(CC(=O)O)c3ccc(C)cc3)ccn12. The Balaban J connectivity index is 1.56. The number of imidazole rings is 1. The van der Waals surface area contributed by atoms with Crippen LogP contribution in [0.4, 0.5) is 5.82 Å². The first-order valence-electron chi connectivity index (χ1n) is 13.8. The van der Waals surface area contributed by atoms with E-state index >= 15 is 0 Å². The summed E-state index contributed by atoms with van der Waals surface area (Å²) in [4.78, 5) is 54.4. The van der Waals surface area contributed by atoms with E-state index in [9.17, 15) is 24.3 Å². The van der Waals surface area contributed by atoms with Crippen LogP contribution in [-0.4, -0.2) is 56.0 Å². The fourth-order valence-corrected chi connectivity index (χ4v) is 5.01. The summed E-state index contributed by atoms with van der Waals surface area (Å²) in [6.07, 6.45) is 3.07. The van der Waals surface area contributed by atoms with Gasteiger partial charge in [-0.25, -0.2) is 4.98 Å². The number of pyridine rings is 1. The molecule has 0 saturated heterocycles. The number of benzene rings is 2. The number of carboxylic acid groups (broad SMARTS) is 1. The van der Waals surface area contributed by atoms with Crippen molar-refractivity contribution >= 4 is 46.1 Å². The van der Waals surface area contributed by atoms with Gasteiger partial charge in [0.2, 0.25) is 5.91 Å². The molecule has 5 rings (SSSR count). The second-order valence-corrected chi connectivity index (χ2v) is 10.1. The number of nitrogens with one attached hydrogen (secondary N) is 2. The average molecular weight is 582 g/mol. The van der Waals surface area contributed by atoms with Crippen LogP contribution in [0, 0.1) is 6.92 Å². The molecule has 0 radical (unpaired) electrons. The summed E-state index contributed by atoms with van der Waals surface area (Å²) in [6, 6.07) is 17.2. The number of para-hydroxylation sites is 1. The third-order valence-corrected chi connectivity index (χ3v) is 7.06. The van der Waals surface area contributed by atoms with Crippen LogP contribution >= 0.6 is 0 Å². The molecule has 3 heterocycles. The van der Waals surface area contributed by atoms with Crippen LogP contribution < -0.4 is 10.6 Å². The molecule has 3 aromatic heterocycles. The number of hydrogen-bond donors (Lipinski definition) is 3. The molecule has 1 amide bonds. The van der Waals surface area contributed by atoms with Gasteiger partial charge in [-0.3, -0.25) is 28.1 Å². The van der Waals surface area contributed by atoms with E-state index < -0.39 is 23.9 Å². The Morgan fingerprint density at radius 3 is 2.49 bits per heavy atom. The number of aryl methyl sites for hydroxylation is 1. The van der Waals surface area contributed by atoms with Gasteiger partial charge in [0.15, 0.2) is 0 Å². The van der Waals surface area contributed by atoms with Crippen molar-refractivity contribution in [3.63, 3.8) is 0 Å². The molecular weight excluding hydrogens is 550 g/mol. The number of rotatable bonds is 10. The molecule has 0 saturated carbocycles. The van der Waals surface area contributed by atoms with Crippen molar-refractivity contribution < 1.29 is 29.0 Å². The zero-order valence-electron chi connectivity index (χ0n) is 24.0. The molecule has 43 heavy (non-hydrogen) atoms. The summed E-state index contributed by atoms with van der Waals surface area (Å²) in [5.74, 6) is -1.65. The van der Waals surface area contributed by atoms with Crippen molar-refractivity contribution in [3.05, 3.63) is 89.7 Å². The van der Waals surface area contributed by atoms with E-state index in [0.717, 1.165) is 10.9 Å². The number of aliphatic carboxylic acids is 1. The molecule has 11 heteroatoms. The molecule has 1 atom stereocenters. The summed E-state index contributed by atoms with van der Waals surface area (Å²) in [5, 5.41) is 16.2. The van der Waals surface area contributed by atoms with Gasteiger partial charge in [0.1, 0.15) is 23.7 Å². The van der Waals surface area contributed by atoms with Crippen LogP contribution in [0.3, 0.4) is 0 Å². The van der Waals surface area contributed by atoms with E-state index in [1.807, 2.05) is 43.3 Å². The molecule has 11 nitrogen and oxygen atoms in total. The van der Waals surface area contributed by atoms with Gasteiger partial charge in [0.05, 0.1) is 24.6 Å². The van der Waals surface area contributed by atoms with Crippen LogP contribution in [0.5, 0.6) is 0 Å². The van der Waals surface area contributed by atoms with Crippen LogP contribution in [0.1, 0.15) is 52.6 Å². The van der Waals surface area contributed by atoms with Gasteiger partial charge in [-0.1, -0.05) is 48.0 Å². The second-order valence-electron chi connectivity index (χ2n) is 10.1. The molecule has 0 spiro atoms. The van der Waals surface area contributed by atoms with Gasteiger partial charge in [0.25, 0.3) is 5.91 Å². The lowest BCUT2D eigenvalue weighted by atomic mass is 10.0. The Bertz CT molecular complexity index is 1850. The Kier molecular flexibility index (Phi) is 8.24. The van der Waals surface area contributed by atoms with E-state index in [1.165, 1.54) is 11.5 Å². The molecule has 5 aromatic rings. The molecular formula is C32H31N5O6. The Morgan fingerprint density at radius 2 is 1.79 bits per heavy atom. The zero-order valence-corrected chi connectivity index (χ0v) is 24.0. The first kappa shape index (κ1) is 29.1. The number of amides is 1. The fourth-order valence-electron chi connectivity index (χ4n) is 5.01. The summed E-state index contributed by atoms with van der Waals surface area (Å²) >= 11 is 0. The highest BCUT2D eigenvalue weighted by atomic mass is 16.5. The second kappa shape index (κ2) is 12.2. The largest absolute Gasteiger partial charge is 0.481 e. The maximum atomic E-state index is 13.4. The van der Waals surface area contributed by atoms with Crippen LogP contribution in [0.2, 0.25) is 0 Å². The molecule has 1 unspecified atom stereocenters. The maximum Gasteiger partial charge on any atom is 0.325 e. The number of hydrogen-bond acceptors (Lipinski definition) is 7. The predicted octanol–water partition coefficient (Wildman–Crippen LogP) is 4.85. The summed E-state index contributed by atoms with van der Waals surface area (Å²) in [7, 11) is 0. The summed E-state index contributed by atoms with van der Waals surface area (Å²) in [5.41, 5.74) is 4.21. The number of nitrogens with zero attached hydrogens (tertiary/aromatic N) is 3. The quantitative estimate of drug-likeness (QED) is 0.199. The number of anilines is 1. The first-order chi connectivity index (χ1) is 20.7. The van der Waals surface area contributed by atoms with Crippen molar-refractivity contribution in [3.8, 4) is 11.3 Å². The number of carbonyl (C=O) groups is 4. The number of esters is 1. The van der Waals surface area contributed by atoms with Gasteiger partial charge in [-0.05, 0) is 37.6 Å². The third kappa shape index (κ3) is 6.10. The van der Waals surface area contributed by atoms with E-state index in [-0.39, 0.29) is 31.0 Å². The molecule has 0 aliphatic heterocycles. The smallest absolute Gasteiger partial charge is 0.325 e. The van der Waals surface area contributed by atoms with E-state index in [2.05, 4.69) is 10.6 Å². The Labute approximate surface area is 247 Å². The number of carboxylic acids is 1. The van der Waals surface area contributed by atoms with Crippen LogP contribution in [0.15, 0.2) is 73.1 Å². The lowest BCUT2D eigenvalue weighted by molar-refractivity contribution is -0.141. The van der Waals surface area contributed by atoms with Crippen molar-refractivity contribution in [1.29, 1.82) is 0 Å². The molecule has 0 aliphatic carbocycles. The standard InChI is InChI=1S/C32H31N5O6/c1-4-43-29(41)17-33-31-30(24-18-37(20(3)38)26-8-6-5-7-23(24)26)35-27-15-22(13-14-36(27)31)32(42)34-25(16-28(39)40)21-11-9-19(2)10-12-21/h5-15,18,25,33H,4,16-17H2,1-3H3,(H,34,42)(H,39,40). The first-order valence-corrected chi connectivity index (χ1v) is 13.8. The average Bonchev–Trinajstić information content (AvgIpc) is 3.54. The van der Waals surface area contributed by atoms with E-state index in [4.69, 9.17) is 9.72 Å². The van der Waals surface area contributed by atoms with Gasteiger partial charge < -0.3 is 20.5 Å². The van der Waals surface area contributed by atoms with Crippen LogP contribution in [0.25, 0.3) is 27.8 Å². The fraction of sp³-hybridized carbons (Fsp3) is 0.219. The Morgan fingerprint density at radius 1 is 1.05 bits per heavy atom. The van der Waals surface area contributed by atoms with Crippen molar-refractivity contribution in [2.24, 2.45) is 0 Å². The van der Waals surface area contributed by atoms with Crippen molar-refractivity contribution in [2.45, 2.75) is 33.2 Å². The molecule has 0 fully saturated rings. The van der Waals surface area contributed by atoms with Gasteiger partial charge in [-0.2, -0.15) is 0 Å². The van der Waals surface area contributed by atoms with Gasteiger partial charge >= 0.3 is 11.9 Å². The normalized spacial score (nSPS) is 11.8. The monoisotopic (exact) mass is 581 g/mol. The number of aromatic nitrogens is 3. The third-order valence-electron chi connectivity index (χ3n) is 7.06. The highest BCUT2D eigenvalue weighted by molar-refractivity contribution is 6.03. The lowest BCUT2D eigenvalue weighted by Crippen LogP contribution is -2.30. The number of fused-ring (bicyclic) bond motifs is 2. The van der Waals surface area contributed by atoms with Crippen molar-refractivity contribution in [2.75, 3.05) is 18.5 Å². The number of ether oxygens (including phenoxy) is 1. The van der Waals surface area contributed by atoms with Gasteiger partial charge in [0, 0.05) is 35.8 Å². The summed E-state index contributed by atoms with van der Waals surface area (Å²) in [6.45, 7) is 5.22. The van der Waals surface area contributed by atoms with Gasteiger partial charge in [-0.15, -0.1) is 0 Å². The predicted molar refractivity (Wildman–Crippen MR) is 161 cm³/mol. The maximum absolute atomic E-state index is 13.4. The molecule has 2 aromatic carbocycles. The van der Waals surface area contributed by atoms with E-state index in [0.29, 0.717) is 33.8 Å². The molecule has 0 bridgehead atoms. The molecule has 0 aliphatic rings. The Hall–Kier alpha value is -5.45. The molecule has 3 N–H and O–H groups in total. The highest BCUT2D eigenvalue weighted by Gasteiger charge is 2.23. The lowest BCUT2D eigenvalue weighted by Gasteiger charge is -2.18. The topological polar surface area (TPSA) is 144 Å². The summed E-state index contributed by atoms with van der Waals surface area (Å²) < 4.78 is 8.33. The zero-order chi connectivity index (χ0) is 30.7.